The summed E-state index contributed by atoms with van der Waals surface area (Å²) >= 11 is 1.59. The van der Waals surface area contributed by atoms with E-state index >= 15 is 0 Å². The summed E-state index contributed by atoms with van der Waals surface area (Å²) in [4.78, 5) is 19.9. The summed E-state index contributed by atoms with van der Waals surface area (Å²) in [7, 11) is 1.70. The molecule has 4 heterocycles. The van der Waals surface area contributed by atoms with Crippen LogP contribution in [0.25, 0.3) is 5.13 Å². The summed E-state index contributed by atoms with van der Waals surface area (Å²) in [5, 5.41) is 13.6. The van der Waals surface area contributed by atoms with Crippen LogP contribution in [0.3, 0.4) is 0 Å². The Kier molecular flexibility index (Phi) is 8.02. The predicted octanol–water partition coefficient (Wildman–Crippen LogP) is 2.88. The van der Waals surface area contributed by atoms with E-state index in [1.807, 2.05) is 41.2 Å². The molecule has 10 heteroatoms. The SMILES string of the molecule is COc1ccc(N2CCN(CCCNC(=O)C3CCN(c4nnc(-n5cccc5)s4)CC3)CC2)cc1. The van der Waals surface area contributed by atoms with Crippen LogP contribution in [0, 0.1) is 5.92 Å². The smallest absolute Gasteiger partial charge is 0.223 e. The van der Waals surface area contributed by atoms with Crippen molar-refractivity contribution in [2.24, 2.45) is 5.92 Å². The monoisotopic (exact) mass is 509 g/mol. The lowest BCUT2D eigenvalue weighted by Crippen LogP contribution is -2.47. The number of hydrogen-bond acceptors (Lipinski definition) is 8. The van der Waals surface area contributed by atoms with Gasteiger partial charge in [0.2, 0.25) is 16.2 Å². The lowest BCUT2D eigenvalue weighted by Gasteiger charge is -2.36. The van der Waals surface area contributed by atoms with Crippen LogP contribution < -0.4 is 19.9 Å². The first kappa shape index (κ1) is 24.6. The van der Waals surface area contributed by atoms with Gasteiger partial charge in [0.15, 0.2) is 0 Å². The lowest BCUT2D eigenvalue weighted by molar-refractivity contribution is -0.125. The number of anilines is 2. The van der Waals surface area contributed by atoms with Crippen molar-refractivity contribution >= 4 is 28.1 Å². The molecule has 192 valence electrons. The van der Waals surface area contributed by atoms with Gasteiger partial charge in [0.1, 0.15) is 5.75 Å². The third kappa shape index (κ3) is 5.99. The molecule has 3 aromatic rings. The van der Waals surface area contributed by atoms with E-state index in [1.165, 1.54) is 5.69 Å². The molecule has 0 spiro atoms. The molecule has 36 heavy (non-hydrogen) atoms. The largest absolute Gasteiger partial charge is 0.497 e. The summed E-state index contributed by atoms with van der Waals surface area (Å²) in [5.41, 5.74) is 1.25. The predicted molar refractivity (Wildman–Crippen MR) is 143 cm³/mol. The van der Waals surface area contributed by atoms with E-state index in [1.54, 1.807) is 18.4 Å². The van der Waals surface area contributed by atoms with Crippen molar-refractivity contribution in [1.82, 2.24) is 25.0 Å². The first-order valence-corrected chi connectivity index (χ1v) is 13.6. The highest BCUT2D eigenvalue weighted by Crippen LogP contribution is 2.28. The van der Waals surface area contributed by atoms with Crippen LogP contribution in [0.5, 0.6) is 5.75 Å². The van der Waals surface area contributed by atoms with Crippen LogP contribution in [0.1, 0.15) is 19.3 Å². The molecule has 2 aliphatic rings. The molecule has 0 aliphatic carbocycles. The Bertz CT molecular complexity index is 1090. The molecule has 2 saturated heterocycles. The van der Waals surface area contributed by atoms with Gasteiger partial charge in [-0.15, -0.1) is 10.2 Å². The van der Waals surface area contributed by atoms with Gasteiger partial charge in [-0.05, 0) is 62.2 Å². The van der Waals surface area contributed by atoms with Crippen LogP contribution in [0.15, 0.2) is 48.8 Å². The van der Waals surface area contributed by atoms with Gasteiger partial charge in [-0.3, -0.25) is 14.3 Å². The molecule has 2 aromatic heterocycles. The number of piperazine rings is 1. The zero-order chi connectivity index (χ0) is 24.7. The maximum Gasteiger partial charge on any atom is 0.223 e. The average molecular weight is 510 g/mol. The Morgan fingerprint density at radius 3 is 2.36 bits per heavy atom. The number of ether oxygens (including phenoxy) is 1. The van der Waals surface area contributed by atoms with Crippen molar-refractivity contribution < 1.29 is 9.53 Å². The van der Waals surface area contributed by atoms with Gasteiger partial charge in [0, 0.05) is 69.8 Å². The van der Waals surface area contributed by atoms with Gasteiger partial charge >= 0.3 is 0 Å². The minimum atomic E-state index is 0.0890. The molecule has 5 rings (SSSR count). The minimum Gasteiger partial charge on any atom is -0.497 e. The molecule has 2 fully saturated rings. The van der Waals surface area contributed by atoms with E-state index in [-0.39, 0.29) is 11.8 Å². The Labute approximate surface area is 216 Å². The van der Waals surface area contributed by atoms with E-state index in [2.05, 4.69) is 42.3 Å². The number of carbonyl (C=O) groups excluding carboxylic acids is 1. The van der Waals surface area contributed by atoms with Gasteiger partial charge in [0.05, 0.1) is 7.11 Å². The van der Waals surface area contributed by atoms with Crippen LogP contribution in [-0.4, -0.2) is 85.0 Å². The number of rotatable bonds is 9. The van der Waals surface area contributed by atoms with Gasteiger partial charge in [-0.25, -0.2) is 0 Å². The fourth-order valence-corrected chi connectivity index (χ4v) is 5.78. The molecule has 0 unspecified atom stereocenters. The number of amides is 1. The number of methoxy groups -OCH3 is 1. The molecular weight excluding hydrogens is 474 g/mol. The second-order valence-corrected chi connectivity index (χ2v) is 10.3. The lowest BCUT2D eigenvalue weighted by atomic mass is 9.96. The second-order valence-electron chi connectivity index (χ2n) is 9.39. The number of hydrogen-bond donors (Lipinski definition) is 1. The van der Waals surface area contributed by atoms with Gasteiger partial charge in [-0.1, -0.05) is 11.3 Å². The average Bonchev–Trinajstić information content (AvgIpc) is 3.64. The van der Waals surface area contributed by atoms with Gasteiger partial charge in [0.25, 0.3) is 0 Å². The Morgan fingerprint density at radius 1 is 0.972 bits per heavy atom. The fraction of sp³-hybridized carbons (Fsp3) is 0.500. The number of aromatic nitrogens is 3. The van der Waals surface area contributed by atoms with E-state index in [4.69, 9.17) is 4.74 Å². The van der Waals surface area contributed by atoms with Crippen LogP contribution >= 0.6 is 11.3 Å². The zero-order valence-corrected chi connectivity index (χ0v) is 21.7. The van der Waals surface area contributed by atoms with Crippen LogP contribution in [-0.2, 0) is 4.79 Å². The van der Waals surface area contributed by atoms with E-state index in [0.29, 0.717) is 0 Å². The summed E-state index contributed by atoms with van der Waals surface area (Å²) in [6.45, 7) is 7.61. The van der Waals surface area contributed by atoms with Crippen molar-refractivity contribution in [3.8, 4) is 10.9 Å². The van der Waals surface area contributed by atoms with Crippen molar-refractivity contribution in [3.63, 3.8) is 0 Å². The third-order valence-electron chi connectivity index (χ3n) is 7.13. The van der Waals surface area contributed by atoms with Crippen molar-refractivity contribution in [3.05, 3.63) is 48.8 Å². The normalized spacial score (nSPS) is 17.4. The van der Waals surface area contributed by atoms with Crippen molar-refractivity contribution in [2.75, 3.05) is 69.3 Å². The third-order valence-corrected chi connectivity index (χ3v) is 8.12. The second kappa shape index (κ2) is 11.7. The van der Waals surface area contributed by atoms with Gasteiger partial charge < -0.3 is 19.9 Å². The minimum absolute atomic E-state index is 0.0890. The highest BCUT2D eigenvalue weighted by Gasteiger charge is 2.26. The number of benzene rings is 1. The van der Waals surface area contributed by atoms with Crippen LogP contribution in [0.2, 0.25) is 0 Å². The van der Waals surface area contributed by atoms with E-state index < -0.39 is 0 Å². The van der Waals surface area contributed by atoms with Crippen molar-refractivity contribution in [1.29, 1.82) is 0 Å². The quantitative estimate of drug-likeness (QED) is 0.445. The maximum atomic E-state index is 12.7. The summed E-state index contributed by atoms with van der Waals surface area (Å²) < 4.78 is 7.23. The molecule has 9 nitrogen and oxygen atoms in total. The molecule has 1 N–H and O–H groups in total. The van der Waals surface area contributed by atoms with Crippen molar-refractivity contribution in [2.45, 2.75) is 19.3 Å². The van der Waals surface area contributed by atoms with Crippen LogP contribution in [0.4, 0.5) is 10.8 Å². The highest BCUT2D eigenvalue weighted by molar-refractivity contribution is 7.17. The maximum absolute atomic E-state index is 12.7. The molecular formula is C26H35N7O2S. The zero-order valence-electron chi connectivity index (χ0n) is 20.9. The van der Waals surface area contributed by atoms with E-state index in [0.717, 1.165) is 87.6 Å². The first-order chi connectivity index (χ1) is 17.7. The molecule has 0 atom stereocenters. The summed E-state index contributed by atoms with van der Waals surface area (Å²) in [5.74, 6) is 1.18. The standard InChI is InChI=1S/C26H35N7O2S/c1-35-23-7-5-22(6-8-23)31-19-17-30(18-20-31)12-4-11-27-24(34)21-9-15-33(16-10-21)26-29-28-25(36-26)32-13-2-3-14-32/h2-3,5-8,13-14,21H,4,9-12,15-20H2,1H3,(H,27,34). The van der Waals surface area contributed by atoms with Gasteiger partial charge in [-0.2, -0.15) is 0 Å². The number of piperidine rings is 1. The number of nitrogens with one attached hydrogen (secondary N) is 1. The summed E-state index contributed by atoms with van der Waals surface area (Å²) in [6, 6.07) is 12.3. The Morgan fingerprint density at radius 2 is 1.67 bits per heavy atom. The Balaban J connectivity index is 0.969. The molecule has 0 saturated carbocycles. The summed E-state index contributed by atoms with van der Waals surface area (Å²) in [6.07, 6.45) is 6.65. The van der Waals surface area contributed by atoms with E-state index in [9.17, 15) is 4.79 Å². The Hall–Kier alpha value is -3.11. The highest BCUT2D eigenvalue weighted by atomic mass is 32.1. The molecule has 1 amide bonds. The fourth-order valence-electron chi connectivity index (χ4n) is 4.92. The molecule has 2 aliphatic heterocycles. The number of nitrogens with zero attached hydrogens (tertiary/aromatic N) is 6. The topological polar surface area (TPSA) is 78.8 Å². The molecule has 1 aromatic carbocycles. The molecule has 0 radical (unpaired) electrons. The number of carbonyl (C=O) groups is 1. The first-order valence-electron chi connectivity index (χ1n) is 12.8. The molecule has 0 bridgehead atoms.